The van der Waals surface area contributed by atoms with E-state index in [4.69, 9.17) is 0 Å². The van der Waals surface area contributed by atoms with Gasteiger partial charge >= 0.3 is 0 Å². The number of rotatable bonds is 11. The highest BCUT2D eigenvalue weighted by molar-refractivity contribution is 7.98. The zero-order valence-corrected chi connectivity index (χ0v) is 19.4. The number of thioether (sulfide) groups is 1. The molecule has 0 heterocycles. The zero-order valence-electron chi connectivity index (χ0n) is 18.5. The van der Waals surface area contributed by atoms with E-state index in [0.29, 0.717) is 6.42 Å². The molecule has 0 saturated heterocycles. The summed E-state index contributed by atoms with van der Waals surface area (Å²) in [5.74, 6) is 1.04. The molecule has 0 atom stereocenters. The Bertz CT molecular complexity index is 928. The molecule has 0 N–H and O–H groups in total. The standard InChI is InChI=1S/C27H32N2OS/c1-28(2)19-11-12-20-29(27(30)21-23-13-5-3-6-14-23)25-17-9-10-18-26(25)31-22-24-15-7-4-8-16-24/h3-10,13-18H,11-12,19-22H2,1-2H3. The predicted octanol–water partition coefficient (Wildman–Crippen LogP) is 5.90. The summed E-state index contributed by atoms with van der Waals surface area (Å²) in [5.41, 5.74) is 3.37. The molecule has 0 unspecified atom stereocenters. The van der Waals surface area contributed by atoms with Crippen LogP contribution in [0.25, 0.3) is 0 Å². The number of benzene rings is 3. The SMILES string of the molecule is CN(C)CCCCN(C(=O)Cc1ccccc1)c1ccccc1SCc1ccccc1. The molecule has 3 nitrogen and oxygen atoms in total. The summed E-state index contributed by atoms with van der Waals surface area (Å²) in [6, 6.07) is 28.8. The molecule has 0 saturated carbocycles. The van der Waals surface area contributed by atoms with Gasteiger partial charge in [-0.1, -0.05) is 72.8 Å². The number of unbranched alkanes of at least 4 members (excludes halogenated alkanes) is 1. The number of hydrogen-bond donors (Lipinski definition) is 0. The van der Waals surface area contributed by atoms with Gasteiger partial charge in [0.25, 0.3) is 0 Å². The van der Waals surface area contributed by atoms with Crippen LogP contribution in [0, 0.1) is 0 Å². The van der Waals surface area contributed by atoms with E-state index in [9.17, 15) is 4.79 Å². The molecule has 0 aliphatic rings. The lowest BCUT2D eigenvalue weighted by molar-refractivity contribution is -0.118. The van der Waals surface area contributed by atoms with Crippen molar-refractivity contribution in [2.45, 2.75) is 29.9 Å². The van der Waals surface area contributed by atoms with Gasteiger partial charge in [0.1, 0.15) is 0 Å². The van der Waals surface area contributed by atoms with E-state index in [1.165, 1.54) is 5.56 Å². The Kier molecular flexibility index (Phi) is 9.19. The summed E-state index contributed by atoms with van der Waals surface area (Å²) in [6.45, 7) is 1.77. The summed E-state index contributed by atoms with van der Waals surface area (Å²) in [7, 11) is 4.18. The molecule has 3 aromatic rings. The lowest BCUT2D eigenvalue weighted by atomic mass is 10.1. The first-order chi connectivity index (χ1) is 15.1. The normalized spacial score (nSPS) is 10.9. The van der Waals surface area contributed by atoms with Crippen LogP contribution in [0.15, 0.2) is 89.8 Å². The first-order valence-electron chi connectivity index (χ1n) is 10.9. The molecule has 0 spiro atoms. The molecule has 1 amide bonds. The number of carbonyl (C=O) groups is 1. The van der Waals surface area contributed by atoms with Crippen LogP contribution in [0.3, 0.4) is 0 Å². The quantitative estimate of drug-likeness (QED) is 0.278. The second-order valence-corrected chi connectivity index (χ2v) is 8.98. The smallest absolute Gasteiger partial charge is 0.231 e. The highest BCUT2D eigenvalue weighted by Crippen LogP contribution is 2.33. The molecule has 3 aromatic carbocycles. The molecule has 0 fully saturated rings. The van der Waals surface area contributed by atoms with Gasteiger partial charge in [-0.2, -0.15) is 0 Å². The van der Waals surface area contributed by atoms with Gasteiger partial charge in [0.05, 0.1) is 12.1 Å². The third kappa shape index (κ3) is 7.57. The van der Waals surface area contributed by atoms with Gasteiger partial charge in [-0.05, 0) is 56.7 Å². The Morgan fingerprint density at radius 3 is 2.00 bits per heavy atom. The van der Waals surface area contributed by atoms with Crippen molar-refractivity contribution < 1.29 is 4.79 Å². The Balaban J connectivity index is 1.77. The van der Waals surface area contributed by atoms with Crippen molar-refractivity contribution in [1.82, 2.24) is 4.90 Å². The van der Waals surface area contributed by atoms with Gasteiger partial charge in [-0.15, -0.1) is 11.8 Å². The molecule has 0 radical (unpaired) electrons. The molecule has 0 aliphatic carbocycles. The number of hydrogen-bond acceptors (Lipinski definition) is 3. The van der Waals surface area contributed by atoms with Gasteiger partial charge in [0, 0.05) is 17.2 Å². The van der Waals surface area contributed by atoms with Crippen molar-refractivity contribution in [2.75, 3.05) is 32.1 Å². The Labute approximate surface area is 191 Å². The molecule has 162 valence electrons. The average Bonchev–Trinajstić information content (AvgIpc) is 2.79. The largest absolute Gasteiger partial charge is 0.311 e. The predicted molar refractivity (Wildman–Crippen MR) is 133 cm³/mol. The van der Waals surface area contributed by atoms with Crippen LogP contribution < -0.4 is 4.90 Å². The van der Waals surface area contributed by atoms with Crippen molar-refractivity contribution in [1.29, 1.82) is 0 Å². The van der Waals surface area contributed by atoms with Crippen LogP contribution in [-0.2, 0) is 17.0 Å². The van der Waals surface area contributed by atoms with Crippen molar-refractivity contribution in [3.05, 3.63) is 96.1 Å². The summed E-state index contributed by atoms with van der Waals surface area (Å²) >= 11 is 1.79. The Hall–Kier alpha value is -2.56. The lowest BCUT2D eigenvalue weighted by Gasteiger charge is -2.26. The van der Waals surface area contributed by atoms with Crippen LogP contribution in [0.1, 0.15) is 24.0 Å². The average molecular weight is 433 g/mol. The minimum absolute atomic E-state index is 0.156. The highest BCUT2D eigenvalue weighted by Gasteiger charge is 2.19. The van der Waals surface area contributed by atoms with E-state index in [1.54, 1.807) is 11.8 Å². The van der Waals surface area contributed by atoms with Crippen molar-refractivity contribution in [2.24, 2.45) is 0 Å². The second kappa shape index (κ2) is 12.3. The first kappa shape index (κ1) is 23.1. The fourth-order valence-corrected chi connectivity index (χ4v) is 4.50. The van der Waals surface area contributed by atoms with E-state index >= 15 is 0 Å². The van der Waals surface area contributed by atoms with Crippen molar-refractivity contribution in [3.63, 3.8) is 0 Å². The van der Waals surface area contributed by atoms with Crippen molar-refractivity contribution in [3.8, 4) is 0 Å². The Morgan fingerprint density at radius 1 is 0.742 bits per heavy atom. The molecule has 0 aliphatic heterocycles. The third-order valence-corrected chi connectivity index (χ3v) is 6.26. The summed E-state index contributed by atoms with van der Waals surface area (Å²) < 4.78 is 0. The molecule has 4 heteroatoms. The number of anilines is 1. The van der Waals surface area contributed by atoms with Crippen LogP contribution in [0.4, 0.5) is 5.69 Å². The maximum atomic E-state index is 13.4. The topological polar surface area (TPSA) is 23.6 Å². The summed E-state index contributed by atoms with van der Waals surface area (Å²) in [4.78, 5) is 18.7. The van der Waals surface area contributed by atoms with E-state index in [2.05, 4.69) is 61.5 Å². The first-order valence-corrected chi connectivity index (χ1v) is 11.9. The molecule has 0 bridgehead atoms. The lowest BCUT2D eigenvalue weighted by Crippen LogP contribution is -2.34. The number of nitrogens with zero attached hydrogens (tertiary/aromatic N) is 2. The van der Waals surface area contributed by atoms with Crippen molar-refractivity contribution >= 4 is 23.4 Å². The summed E-state index contributed by atoms with van der Waals surface area (Å²) in [5, 5.41) is 0. The molecule has 31 heavy (non-hydrogen) atoms. The van der Waals surface area contributed by atoms with Crippen LogP contribution >= 0.6 is 11.8 Å². The maximum Gasteiger partial charge on any atom is 0.231 e. The van der Waals surface area contributed by atoms with Gasteiger partial charge < -0.3 is 9.80 Å². The molecular weight excluding hydrogens is 400 g/mol. The third-order valence-electron chi connectivity index (χ3n) is 5.13. The number of amides is 1. The highest BCUT2D eigenvalue weighted by atomic mass is 32.2. The van der Waals surface area contributed by atoms with Crippen LogP contribution in [0.5, 0.6) is 0 Å². The minimum Gasteiger partial charge on any atom is -0.311 e. The molecular formula is C27H32N2OS. The fraction of sp³-hybridized carbons (Fsp3) is 0.296. The monoisotopic (exact) mass is 432 g/mol. The maximum absolute atomic E-state index is 13.4. The summed E-state index contributed by atoms with van der Waals surface area (Å²) in [6.07, 6.45) is 2.48. The second-order valence-electron chi connectivity index (χ2n) is 7.96. The Morgan fingerprint density at radius 2 is 1.32 bits per heavy atom. The van der Waals surface area contributed by atoms with Crippen LogP contribution in [0.2, 0.25) is 0 Å². The minimum atomic E-state index is 0.156. The molecule has 3 rings (SSSR count). The van der Waals surface area contributed by atoms with Crippen LogP contribution in [-0.4, -0.2) is 38.0 Å². The van der Waals surface area contributed by atoms with Gasteiger partial charge in [0.2, 0.25) is 5.91 Å². The van der Waals surface area contributed by atoms with Gasteiger partial charge in [0.15, 0.2) is 0 Å². The zero-order chi connectivity index (χ0) is 21.9. The number of carbonyl (C=O) groups excluding carboxylic acids is 1. The van der Waals surface area contributed by atoms with E-state index in [0.717, 1.165) is 47.8 Å². The van der Waals surface area contributed by atoms with Gasteiger partial charge in [-0.25, -0.2) is 0 Å². The number of para-hydroxylation sites is 1. The van der Waals surface area contributed by atoms with E-state index in [1.807, 2.05) is 47.4 Å². The van der Waals surface area contributed by atoms with E-state index in [-0.39, 0.29) is 5.91 Å². The molecule has 0 aromatic heterocycles. The van der Waals surface area contributed by atoms with Gasteiger partial charge in [-0.3, -0.25) is 4.79 Å². The van der Waals surface area contributed by atoms with E-state index < -0.39 is 0 Å². The fourth-order valence-electron chi connectivity index (χ4n) is 3.48.